The molecule has 12 heteroatoms. The van der Waals surface area contributed by atoms with Gasteiger partial charge in [-0.15, -0.1) is 11.3 Å². The first-order chi connectivity index (χ1) is 19.3. The van der Waals surface area contributed by atoms with Crippen LogP contribution in [-0.4, -0.2) is 28.9 Å². The molecule has 2 amide bonds. The molecule has 0 unspecified atom stereocenters. The van der Waals surface area contributed by atoms with Crippen molar-refractivity contribution in [1.29, 1.82) is 0 Å². The largest absolute Gasteiger partial charge is 0.422 e. The van der Waals surface area contributed by atoms with E-state index in [4.69, 9.17) is 4.74 Å². The van der Waals surface area contributed by atoms with Crippen LogP contribution in [-0.2, 0) is 4.79 Å². The normalized spacial score (nSPS) is 11.2. The minimum Gasteiger partial charge on any atom is -0.422 e. The maximum Gasteiger partial charge on any atom is 0.343 e. The number of rotatable bonds is 9. The van der Waals surface area contributed by atoms with Gasteiger partial charge < -0.3 is 10.1 Å². The number of halogens is 1. The fraction of sp³-hybridized carbons (Fsp3) is 0. The lowest BCUT2D eigenvalue weighted by atomic mass is 10.2. The van der Waals surface area contributed by atoms with Gasteiger partial charge in [-0.05, 0) is 53.9 Å². The topological polar surface area (TPSA) is 140 Å². The van der Waals surface area contributed by atoms with Crippen molar-refractivity contribution in [2.24, 2.45) is 5.10 Å². The molecule has 0 aliphatic rings. The molecular formula is C28H19BrN4O6S. The molecule has 0 atom stereocenters. The van der Waals surface area contributed by atoms with E-state index in [2.05, 4.69) is 31.8 Å². The van der Waals surface area contributed by atoms with Crippen molar-refractivity contribution >= 4 is 63.0 Å². The summed E-state index contributed by atoms with van der Waals surface area (Å²) in [6.07, 6.45) is 2.60. The Kier molecular flexibility index (Phi) is 9.28. The molecule has 0 radical (unpaired) electrons. The van der Waals surface area contributed by atoms with Crippen LogP contribution in [0.5, 0.6) is 5.75 Å². The molecule has 2 N–H and O–H groups in total. The molecular weight excluding hydrogens is 600 g/mol. The molecule has 40 heavy (non-hydrogen) atoms. The first kappa shape index (κ1) is 28.1. The second kappa shape index (κ2) is 13.2. The van der Waals surface area contributed by atoms with Gasteiger partial charge in [-0.2, -0.15) is 5.10 Å². The monoisotopic (exact) mass is 618 g/mol. The quantitative estimate of drug-likeness (QED) is 0.0628. The van der Waals surface area contributed by atoms with Crippen LogP contribution >= 0.6 is 27.3 Å². The second-order valence-corrected chi connectivity index (χ2v) is 9.87. The van der Waals surface area contributed by atoms with E-state index in [1.165, 1.54) is 29.5 Å². The summed E-state index contributed by atoms with van der Waals surface area (Å²) in [6.45, 7) is 0. The highest BCUT2D eigenvalue weighted by molar-refractivity contribution is 9.10. The van der Waals surface area contributed by atoms with Crippen LogP contribution in [0.25, 0.3) is 6.08 Å². The number of carbonyl (C=O) groups excluding carboxylic acids is 3. The Morgan fingerprint density at radius 2 is 1.73 bits per heavy atom. The zero-order valence-electron chi connectivity index (χ0n) is 20.4. The van der Waals surface area contributed by atoms with Crippen molar-refractivity contribution in [2.45, 2.75) is 0 Å². The number of thiophene rings is 1. The number of hydrogen-bond donors (Lipinski definition) is 2. The smallest absolute Gasteiger partial charge is 0.343 e. The van der Waals surface area contributed by atoms with Gasteiger partial charge >= 0.3 is 5.97 Å². The summed E-state index contributed by atoms with van der Waals surface area (Å²) in [5, 5.41) is 19.6. The molecule has 200 valence electrons. The van der Waals surface area contributed by atoms with E-state index < -0.39 is 22.7 Å². The maximum absolute atomic E-state index is 13.0. The number of hydrogen-bond acceptors (Lipinski definition) is 8. The summed E-state index contributed by atoms with van der Waals surface area (Å²) in [4.78, 5) is 49.7. The second-order valence-electron chi connectivity index (χ2n) is 7.97. The highest BCUT2D eigenvalue weighted by Crippen LogP contribution is 2.24. The number of hydrazone groups is 1. The number of esters is 1. The molecule has 4 aromatic rings. The van der Waals surface area contributed by atoms with E-state index >= 15 is 0 Å². The molecule has 0 aliphatic carbocycles. The number of non-ortho nitro benzene ring substituents is 1. The molecule has 3 aromatic carbocycles. The van der Waals surface area contributed by atoms with Gasteiger partial charge in [-0.25, -0.2) is 10.2 Å². The molecule has 0 saturated carbocycles. The Hall–Kier alpha value is -4.94. The number of nitro benzene ring substituents is 1. The van der Waals surface area contributed by atoms with E-state index in [9.17, 15) is 24.5 Å². The molecule has 0 bridgehead atoms. The van der Waals surface area contributed by atoms with Crippen molar-refractivity contribution in [1.82, 2.24) is 10.7 Å². The van der Waals surface area contributed by atoms with Gasteiger partial charge in [-0.1, -0.05) is 46.3 Å². The average molecular weight is 619 g/mol. The maximum atomic E-state index is 13.0. The van der Waals surface area contributed by atoms with Crippen LogP contribution in [0.1, 0.15) is 31.2 Å². The summed E-state index contributed by atoms with van der Waals surface area (Å²) in [5.74, 6) is -1.95. The first-order valence-corrected chi connectivity index (χ1v) is 13.2. The van der Waals surface area contributed by atoms with Crippen LogP contribution < -0.4 is 15.5 Å². The number of carbonyl (C=O) groups is 3. The van der Waals surface area contributed by atoms with Crippen molar-refractivity contribution < 1.29 is 24.0 Å². The lowest BCUT2D eigenvalue weighted by Gasteiger charge is -2.09. The molecule has 1 aromatic heterocycles. The van der Waals surface area contributed by atoms with Crippen LogP contribution in [0.2, 0.25) is 0 Å². The number of amides is 2. The zero-order valence-corrected chi connectivity index (χ0v) is 22.8. The summed E-state index contributed by atoms with van der Waals surface area (Å²) in [5.41, 5.74) is 2.62. The fourth-order valence-electron chi connectivity index (χ4n) is 3.30. The number of nitro groups is 1. The Morgan fingerprint density at radius 1 is 0.950 bits per heavy atom. The third kappa shape index (κ3) is 7.56. The zero-order chi connectivity index (χ0) is 28.5. The third-order valence-electron chi connectivity index (χ3n) is 5.20. The number of benzene rings is 3. The SMILES string of the molecule is O=C(N/N=C/c1cc([N+](=O)[O-])ccc1OC(=O)c1cccc(Br)c1)/C(=C\c1cccs1)NC(=O)c1ccccc1. The summed E-state index contributed by atoms with van der Waals surface area (Å²) in [6, 6.07) is 22.0. The van der Waals surface area contributed by atoms with Gasteiger partial charge in [-0.3, -0.25) is 19.7 Å². The predicted octanol–water partition coefficient (Wildman–Crippen LogP) is 5.56. The number of nitrogens with one attached hydrogen (secondary N) is 2. The van der Waals surface area contributed by atoms with E-state index in [0.717, 1.165) is 12.3 Å². The number of ether oxygens (including phenoxy) is 1. The minimum absolute atomic E-state index is 0.0136. The molecule has 0 fully saturated rings. The molecule has 4 rings (SSSR count). The Labute approximate surface area is 240 Å². The predicted molar refractivity (Wildman–Crippen MR) is 154 cm³/mol. The molecule has 0 spiro atoms. The van der Waals surface area contributed by atoms with E-state index in [1.807, 2.05) is 5.38 Å². The van der Waals surface area contributed by atoms with Crippen LogP contribution in [0.15, 0.2) is 106 Å². The Balaban J connectivity index is 1.55. The summed E-state index contributed by atoms with van der Waals surface area (Å²) >= 11 is 4.65. The van der Waals surface area contributed by atoms with Gasteiger partial charge in [0.15, 0.2) is 0 Å². The minimum atomic E-state index is -0.743. The Morgan fingerprint density at radius 3 is 2.42 bits per heavy atom. The van der Waals surface area contributed by atoms with Crippen LogP contribution in [0.4, 0.5) is 5.69 Å². The van der Waals surface area contributed by atoms with E-state index in [1.54, 1.807) is 66.7 Å². The highest BCUT2D eigenvalue weighted by atomic mass is 79.9. The van der Waals surface area contributed by atoms with Crippen molar-refractivity contribution in [2.75, 3.05) is 0 Å². The molecule has 0 saturated heterocycles. The van der Waals surface area contributed by atoms with Gasteiger partial charge in [0.25, 0.3) is 17.5 Å². The molecule has 10 nitrogen and oxygen atoms in total. The highest BCUT2D eigenvalue weighted by Gasteiger charge is 2.17. The summed E-state index contributed by atoms with van der Waals surface area (Å²) in [7, 11) is 0. The molecule has 0 aliphatic heterocycles. The standard InChI is InChI=1S/C28H19BrN4O6S/c29-21-9-4-8-19(14-21)28(36)39-25-12-11-22(33(37)38)15-20(25)17-30-32-27(35)24(16-23-10-5-13-40-23)31-26(34)18-6-2-1-3-7-18/h1-17H,(H,31,34)(H,32,35)/b24-16+,30-17+. The summed E-state index contributed by atoms with van der Waals surface area (Å²) < 4.78 is 6.11. The van der Waals surface area contributed by atoms with Gasteiger partial charge in [0.1, 0.15) is 11.4 Å². The van der Waals surface area contributed by atoms with Crippen molar-refractivity contribution in [3.05, 3.63) is 132 Å². The number of nitrogens with zero attached hydrogens (tertiary/aromatic N) is 2. The van der Waals surface area contributed by atoms with Gasteiger partial charge in [0.2, 0.25) is 0 Å². The molecule has 1 heterocycles. The van der Waals surface area contributed by atoms with E-state index in [0.29, 0.717) is 14.9 Å². The lowest BCUT2D eigenvalue weighted by Crippen LogP contribution is -2.32. The third-order valence-corrected chi connectivity index (χ3v) is 6.51. The van der Waals surface area contributed by atoms with Crippen LogP contribution in [0.3, 0.4) is 0 Å². The van der Waals surface area contributed by atoms with Gasteiger partial charge in [0.05, 0.1) is 16.7 Å². The van der Waals surface area contributed by atoms with Crippen molar-refractivity contribution in [3.63, 3.8) is 0 Å². The average Bonchev–Trinajstić information content (AvgIpc) is 3.47. The fourth-order valence-corrected chi connectivity index (χ4v) is 4.35. The first-order valence-electron chi connectivity index (χ1n) is 11.5. The van der Waals surface area contributed by atoms with Gasteiger partial charge in [0, 0.05) is 32.6 Å². The Bertz CT molecular complexity index is 1620. The lowest BCUT2D eigenvalue weighted by molar-refractivity contribution is -0.384. The van der Waals surface area contributed by atoms with E-state index in [-0.39, 0.29) is 28.3 Å². The van der Waals surface area contributed by atoms with Crippen molar-refractivity contribution in [3.8, 4) is 5.75 Å². The van der Waals surface area contributed by atoms with Crippen LogP contribution in [0, 0.1) is 10.1 Å².